The third kappa shape index (κ3) is 6.71. The zero-order valence-electron chi connectivity index (χ0n) is 15.9. The van der Waals surface area contributed by atoms with Crippen LogP contribution in [-0.4, -0.2) is 39.7 Å². The minimum atomic E-state index is -1.06. The van der Waals surface area contributed by atoms with Crippen LogP contribution in [0.4, 0.5) is 10.5 Å². The quantitative estimate of drug-likeness (QED) is 0.704. The predicted molar refractivity (Wildman–Crippen MR) is 103 cm³/mol. The molecule has 1 heterocycles. The largest absolute Gasteiger partial charge is 0.478 e. The van der Waals surface area contributed by atoms with Crippen molar-refractivity contribution in [2.24, 2.45) is 0 Å². The third-order valence-electron chi connectivity index (χ3n) is 3.60. The molecule has 0 aliphatic carbocycles. The first-order valence-electron chi connectivity index (χ1n) is 8.67. The number of aromatic nitrogens is 1. The molecule has 2 amide bonds. The number of carboxylic acids is 1. The van der Waals surface area contributed by atoms with Gasteiger partial charge in [0.2, 0.25) is 5.91 Å². The lowest BCUT2D eigenvalue weighted by Gasteiger charge is -2.23. The highest BCUT2D eigenvalue weighted by Gasteiger charge is 2.25. The highest BCUT2D eigenvalue weighted by atomic mass is 16.6. The number of aromatic carboxylic acids is 1. The molecule has 3 N–H and O–H groups in total. The fourth-order valence-electron chi connectivity index (χ4n) is 2.34. The van der Waals surface area contributed by atoms with Crippen molar-refractivity contribution in [1.82, 2.24) is 10.3 Å². The molecule has 0 saturated carbocycles. The summed E-state index contributed by atoms with van der Waals surface area (Å²) in [5, 5.41) is 14.2. The zero-order chi connectivity index (χ0) is 20.7. The molecule has 2 rings (SSSR count). The Balaban J connectivity index is 2.13. The van der Waals surface area contributed by atoms with Crippen LogP contribution in [0.5, 0.6) is 0 Å². The van der Waals surface area contributed by atoms with Gasteiger partial charge < -0.3 is 20.5 Å². The highest BCUT2D eigenvalue weighted by molar-refractivity contribution is 5.97. The number of alkyl carbamates (subject to hydrolysis) is 1. The molecule has 148 valence electrons. The summed E-state index contributed by atoms with van der Waals surface area (Å²) < 4.78 is 5.24. The number of hydrogen-bond donors (Lipinski definition) is 3. The molecular formula is C20H23N3O5. The van der Waals surface area contributed by atoms with Gasteiger partial charge in [-0.1, -0.05) is 0 Å². The molecule has 0 saturated heterocycles. The van der Waals surface area contributed by atoms with E-state index in [1.807, 2.05) is 0 Å². The van der Waals surface area contributed by atoms with E-state index < -0.39 is 29.6 Å². The minimum Gasteiger partial charge on any atom is -0.478 e. The Morgan fingerprint density at radius 2 is 1.68 bits per heavy atom. The molecule has 2 aromatic rings. The van der Waals surface area contributed by atoms with Crippen LogP contribution in [0.15, 0.2) is 48.8 Å². The summed E-state index contributed by atoms with van der Waals surface area (Å²) in [5.41, 5.74) is 0.639. The van der Waals surface area contributed by atoms with Gasteiger partial charge in [0, 0.05) is 24.5 Å². The van der Waals surface area contributed by atoms with E-state index >= 15 is 0 Å². The highest BCUT2D eigenvalue weighted by Crippen LogP contribution is 2.12. The molecule has 1 aromatic heterocycles. The van der Waals surface area contributed by atoms with E-state index in [4.69, 9.17) is 9.84 Å². The van der Waals surface area contributed by atoms with Gasteiger partial charge in [-0.05, 0) is 62.7 Å². The number of carboxylic acid groups (broad SMARTS) is 1. The first-order valence-corrected chi connectivity index (χ1v) is 8.67. The minimum absolute atomic E-state index is 0.109. The lowest BCUT2D eigenvalue weighted by atomic mass is 10.1. The second kappa shape index (κ2) is 8.98. The smallest absolute Gasteiger partial charge is 0.408 e. The van der Waals surface area contributed by atoms with Crippen LogP contribution in [0.1, 0.15) is 36.7 Å². The molecule has 0 unspecified atom stereocenters. The Labute approximate surface area is 162 Å². The molecule has 0 bridgehead atoms. The van der Waals surface area contributed by atoms with Gasteiger partial charge in [0.15, 0.2) is 0 Å². The molecule has 28 heavy (non-hydrogen) atoms. The van der Waals surface area contributed by atoms with Crippen molar-refractivity contribution in [2.45, 2.75) is 38.8 Å². The molecular weight excluding hydrogens is 362 g/mol. The van der Waals surface area contributed by atoms with Crippen LogP contribution >= 0.6 is 0 Å². The van der Waals surface area contributed by atoms with Crippen LogP contribution in [0.3, 0.4) is 0 Å². The van der Waals surface area contributed by atoms with Crippen molar-refractivity contribution < 1.29 is 24.2 Å². The predicted octanol–water partition coefficient (Wildman–Crippen LogP) is 2.85. The van der Waals surface area contributed by atoms with E-state index in [9.17, 15) is 14.4 Å². The summed E-state index contributed by atoms with van der Waals surface area (Å²) in [7, 11) is 0. The Morgan fingerprint density at radius 3 is 2.21 bits per heavy atom. The fraction of sp³-hybridized carbons (Fsp3) is 0.300. The standard InChI is InChI=1S/C20H23N3O5/c1-20(2,3)28-19(27)23-16(12-13-8-10-21-11-9-13)17(24)22-15-6-4-14(5-7-15)18(25)26/h4-11,16H,12H2,1-3H3,(H,22,24)(H,23,27)(H,25,26)/t16-/m0/s1. The molecule has 0 radical (unpaired) electrons. The van der Waals surface area contributed by atoms with Gasteiger partial charge in [-0.2, -0.15) is 0 Å². The summed E-state index contributed by atoms with van der Waals surface area (Å²) in [6.07, 6.45) is 2.73. The van der Waals surface area contributed by atoms with Crippen LogP contribution < -0.4 is 10.6 Å². The lowest BCUT2D eigenvalue weighted by molar-refractivity contribution is -0.118. The Hall–Kier alpha value is -3.42. The van der Waals surface area contributed by atoms with Crippen molar-refractivity contribution >= 4 is 23.7 Å². The van der Waals surface area contributed by atoms with E-state index in [0.29, 0.717) is 5.69 Å². The monoisotopic (exact) mass is 385 g/mol. The topological polar surface area (TPSA) is 118 Å². The number of amides is 2. The molecule has 1 atom stereocenters. The molecule has 8 heteroatoms. The van der Waals surface area contributed by atoms with Gasteiger partial charge in [0.25, 0.3) is 0 Å². The average molecular weight is 385 g/mol. The molecule has 0 spiro atoms. The van der Waals surface area contributed by atoms with Gasteiger partial charge in [-0.15, -0.1) is 0 Å². The van der Waals surface area contributed by atoms with Gasteiger partial charge in [-0.3, -0.25) is 9.78 Å². The summed E-state index contributed by atoms with van der Waals surface area (Å²) >= 11 is 0. The lowest BCUT2D eigenvalue weighted by Crippen LogP contribution is -2.47. The number of pyridine rings is 1. The van der Waals surface area contributed by atoms with Crippen molar-refractivity contribution in [3.05, 3.63) is 59.9 Å². The van der Waals surface area contributed by atoms with Gasteiger partial charge in [0.05, 0.1) is 5.56 Å². The van der Waals surface area contributed by atoms with E-state index in [-0.39, 0.29) is 12.0 Å². The van der Waals surface area contributed by atoms with Crippen molar-refractivity contribution in [1.29, 1.82) is 0 Å². The van der Waals surface area contributed by atoms with Crippen LogP contribution in [0.25, 0.3) is 0 Å². The SMILES string of the molecule is CC(C)(C)OC(=O)N[C@@H](Cc1ccncc1)C(=O)Nc1ccc(C(=O)O)cc1. The van der Waals surface area contributed by atoms with E-state index in [1.54, 1.807) is 45.3 Å². The summed E-state index contributed by atoms with van der Waals surface area (Å²) in [5.74, 6) is -1.51. The Bertz CT molecular complexity index is 829. The van der Waals surface area contributed by atoms with Gasteiger partial charge in [0.1, 0.15) is 11.6 Å². The number of benzene rings is 1. The third-order valence-corrected chi connectivity index (χ3v) is 3.60. The van der Waals surface area contributed by atoms with Crippen molar-refractivity contribution in [3.63, 3.8) is 0 Å². The van der Waals surface area contributed by atoms with Crippen LogP contribution in [-0.2, 0) is 16.0 Å². The van der Waals surface area contributed by atoms with Gasteiger partial charge in [-0.25, -0.2) is 9.59 Å². The maximum absolute atomic E-state index is 12.7. The first kappa shape index (κ1) is 20.9. The number of carbonyl (C=O) groups is 3. The molecule has 1 aromatic carbocycles. The van der Waals surface area contributed by atoms with E-state index in [1.165, 1.54) is 24.3 Å². The van der Waals surface area contributed by atoms with Crippen molar-refractivity contribution in [2.75, 3.05) is 5.32 Å². The van der Waals surface area contributed by atoms with E-state index in [2.05, 4.69) is 15.6 Å². The van der Waals surface area contributed by atoms with E-state index in [0.717, 1.165) is 5.56 Å². The molecule has 0 fully saturated rings. The molecule has 0 aliphatic heterocycles. The first-order chi connectivity index (χ1) is 13.1. The fourth-order valence-corrected chi connectivity index (χ4v) is 2.34. The number of carbonyl (C=O) groups excluding carboxylic acids is 2. The average Bonchev–Trinajstić information content (AvgIpc) is 2.61. The Morgan fingerprint density at radius 1 is 1.07 bits per heavy atom. The Kier molecular flexibility index (Phi) is 6.70. The number of rotatable bonds is 6. The normalized spacial score (nSPS) is 12.0. The number of nitrogens with one attached hydrogen (secondary N) is 2. The zero-order valence-corrected chi connectivity index (χ0v) is 15.9. The number of ether oxygens (including phenoxy) is 1. The second-order valence-corrected chi connectivity index (χ2v) is 7.13. The summed E-state index contributed by atoms with van der Waals surface area (Å²) in [4.78, 5) is 39.7. The van der Waals surface area contributed by atoms with Crippen LogP contribution in [0.2, 0.25) is 0 Å². The van der Waals surface area contributed by atoms with Crippen LogP contribution in [0, 0.1) is 0 Å². The second-order valence-electron chi connectivity index (χ2n) is 7.13. The molecule has 8 nitrogen and oxygen atoms in total. The summed E-state index contributed by atoms with van der Waals surface area (Å²) in [6, 6.07) is 8.35. The maximum atomic E-state index is 12.7. The number of anilines is 1. The van der Waals surface area contributed by atoms with Gasteiger partial charge >= 0.3 is 12.1 Å². The maximum Gasteiger partial charge on any atom is 0.408 e. The summed E-state index contributed by atoms with van der Waals surface area (Å²) in [6.45, 7) is 5.19. The number of hydrogen-bond acceptors (Lipinski definition) is 5. The molecule has 0 aliphatic rings. The number of nitrogens with zero attached hydrogens (tertiary/aromatic N) is 1. The van der Waals surface area contributed by atoms with Crippen molar-refractivity contribution in [3.8, 4) is 0 Å².